The normalized spacial score (nSPS) is 17.7. The maximum absolute atomic E-state index is 13.5. The van der Waals surface area contributed by atoms with Crippen molar-refractivity contribution in [2.45, 2.75) is 32.4 Å². The predicted octanol–water partition coefficient (Wildman–Crippen LogP) is 4.95. The molecule has 4 rings (SSSR count). The number of nitrogens with one attached hydrogen (secondary N) is 1. The summed E-state index contributed by atoms with van der Waals surface area (Å²) in [5.41, 5.74) is 3.38. The van der Waals surface area contributed by atoms with Gasteiger partial charge in [0, 0.05) is 18.7 Å². The summed E-state index contributed by atoms with van der Waals surface area (Å²) in [6.45, 7) is 2.26. The van der Waals surface area contributed by atoms with E-state index >= 15 is 0 Å². The monoisotopic (exact) mass is 476 g/mol. The minimum atomic E-state index is -0.535. The fraction of sp³-hybridized carbons (Fsp3) is 0.286. The van der Waals surface area contributed by atoms with Crippen molar-refractivity contribution in [2.24, 2.45) is 5.92 Å². The zero-order valence-electron chi connectivity index (χ0n) is 20.1. The number of methoxy groups -OCH3 is 2. The average molecular weight is 477 g/mol. The number of amides is 2. The summed E-state index contributed by atoms with van der Waals surface area (Å²) in [4.78, 5) is 28.4. The van der Waals surface area contributed by atoms with Crippen LogP contribution in [0.3, 0.4) is 0 Å². The van der Waals surface area contributed by atoms with Crippen molar-refractivity contribution >= 4 is 17.5 Å². The lowest BCUT2D eigenvalue weighted by molar-refractivity contribution is -0.129. The molecule has 35 heavy (non-hydrogen) atoms. The van der Waals surface area contributed by atoms with Crippen molar-refractivity contribution in [3.05, 3.63) is 89.2 Å². The van der Waals surface area contributed by atoms with E-state index in [2.05, 4.69) is 5.32 Å². The summed E-state index contributed by atoms with van der Waals surface area (Å²) in [6, 6.07) is 18.7. The van der Waals surface area contributed by atoms with E-state index in [1.54, 1.807) is 37.3 Å². The number of aryl methyl sites for hydroxylation is 1. The molecule has 182 valence electrons. The van der Waals surface area contributed by atoms with E-state index in [0.29, 0.717) is 17.9 Å². The van der Waals surface area contributed by atoms with Crippen LogP contribution in [0.2, 0.25) is 0 Å². The van der Waals surface area contributed by atoms with Crippen LogP contribution in [0.1, 0.15) is 35.6 Å². The van der Waals surface area contributed by atoms with Crippen LogP contribution in [0.15, 0.2) is 66.7 Å². The zero-order valence-corrected chi connectivity index (χ0v) is 20.1. The fourth-order valence-corrected chi connectivity index (χ4v) is 4.52. The molecule has 0 aliphatic carbocycles. The van der Waals surface area contributed by atoms with Crippen LogP contribution in [0, 0.1) is 18.7 Å². The van der Waals surface area contributed by atoms with E-state index in [4.69, 9.17) is 9.47 Å². The highest BCUT2D eigenvalue weighted by atomic mass is 19.1. The molecule has 0 saturated carbocycles. The first kappa shape index (κ1) is 24.3. The third-order valence-electron chi connectivity index (χ3n) is 6.38. The zero-order chi connectivity index (χ0) is 24.9. The number of nitrogens with zero attached hydrogens (tertiary/aromatic N) is 1. The highest BCUT2D eigenvalue weighted by Crippen LogP contribution is 2.42. The van der Waals surface area contributed by atoms with Gasteiger partial charge in [0.1, 0.15) is 5.82 Å². The molecular weight excluding hydrogens is 447 g/mol. The Bertz CT molecular complexity index is 1190. The van der Waals surface area contributed by atoms with Gasteiger partial charge in [-0.2, -0.15) is 0 Å². The number of carbonyl (C=O) groups is 2. The molecule has 0 radical (unpaired) electrons. The van der Waals surface area contributed by atoms with Gasteiger partial charge < -0.3 is 19.7 Å². The molecule has 0 aromatic heterocycles. The average Bonchev–Trinajstić information content (AvgIpc) is 2.88. The number of benzene rings is 3. The van der Waals surface area contributed by atoms with Gasteiger partial charge in [0.15, 0.2) is 11.5 Å². The maximum atomic E-state index is 13.5. The smallest absolute Gasteiger partial charge is 0.227 e. The lowest BCUT2D eigenvalue weighted by Gasteiger charge is -2.41. The van der Waals surface area contributed by atoms with Crippen molar-refractivity contribution in [3.63, 3.8) is 0 Å². The van der Waals surface area contributed by atoms with E-state index in [-0.39, 0.29) is 30.6 Å². The second-order valence-electron chi connectivity index (χ2n) is 8.65. The molecule has 0 bridgehead atoms. The molecule has 2 atom stereocenters. The topological polar surface area (TPSA) is 67.9 Å². The quantitative estimate of drug-likeness (QED) is 0.524. The van der Waals surface area contributed by atoms with Crippen LogP contribution < -0.4 is 19.7 Å². The van der Waals surface area contributed by atoms with E-state index in [1.807, 2.05) is 43.3 Å². The Morgan fingerprint density at radius 3 is 2.34 bits per heavy atom. The molecule has 7 heteroatoms. The predicted molar refractivity (Wildman–Crippen MR) is 132 cm³/mol. The largest absolute Gasteiger partial charge is 0.493 e. The summed E-state index contributed by atoms with van der Waals surface area (Å²) in [5.74, 6) is 0.0607. The first-order chi connectivity index (χ1) is 16.9. The molecular formula is C28H29FN2O4. The Balaban J connectivity index is 1.70. The van der Waals surface area contributed by atoms with Crippen LogP contribution in [0.25, 0.3) is 0 Å². The Kier molecular flexibility index (Phi) is 7.34. The number of ether oxygens (including phenoxy) is 2. The number of piperidine rings is 1. The van der Waals surface area contributed by atoms with E-state index in [0.717, 1.165) is 22.4 Å². The van der Waals surface area contributed by atoms with Gasteiger partial charge in [-0.3, -0.25) is 9.59 Å². The minimum Gasteiger partial charge on any atom is -0.493 e. The fourth-order valence-electron chi connectivity index (χ4n) is 4.52. The second-order valence-corrected chi connectivity index (χ2v) is 8.65. The van der Waals surface area contributed by atoms with Crippen LogP contribution in [0.5, 0.6) is 11.5 Å². The Morgan fingerprint density at radius 2 is 1.69 bits per heavy atom. The summed E-state index contributed by atoms with van der Waals surface area (Å²) < 4.78 is 24.1. The highest BCUT2D eigenvalue weighted by molar-refractivity contribution is 5.97. The van der Waals surface area contributed by atoms with Gasteiger partial charge in [0.25, 0.3) is 0 Å². The molecule has 2 amide bonds. The van der Waals surface area contributed by atoms with Gasteiger partial charge in [-0.1, -0.05) is 35.9 Å². The van der Waals surface area contributed by atoms with Crippen molar-refractivity contribution < 1.29 is 23.5 Å². The summed E-state index contributed by atoms with van der Waals surface area (Å²) in [7, 11) is 3.12. The number of hydrogen-bond acceptors (Lipinski definition) is 4. The van der Waals surface area contributed by atoms with Gasteiger partial charge in [0.05, 0.1) is 26.2 Å². The van der Waals surface area contributed by atoms with Gasteiger partial charge in [-0.05, 0) is 60.9 Å². The Labute approximate surface area is 204 Å². The number of anilines is 1. The molecule has 1 aliphatic heterocycles. The third kappa shape index (κ3) is 5.29. The summed E-state index contributed by atoms with van der Waals surface area (Å²) in [5, 5.41) is 2.98. The second kappa shape index (κ2) is 10.6. The highest BCUT2D eigenvalue weighted by Gasteiger charge is 2.41. The molecule has 3 aromatic rings. The van der Waals surface area contributed by atoms with Crippen molar-refractivity contribution in [3.8, 4) is 11.5 Å². The van der Waals surface area contributed by atoms with Crippen LogP contribution in [0.4, 0.5) is 10.1 Å². The standard InChI is InChI=1S/C28H29FN2O4/c1-18-4-11-22(12-5-18)31-26(32)15-13-23(28(33)30-17-19-6-9-21(29)10-7-19)27(31)20-8-14-24(34-2)25(16-20)35-3/h4-12,14,16,23,27H,13,15,17H2,1-3H3,(H,30,33)/t23-,27+/m1/s1. The van der Waals surface area contributed by atoms with Crippen LogP contribution >= 0.6 is 0 Å². The third-order valence-corrected chi connectivity index (χ3v) is 6.38. The number of rotatable bonds is 7. The lowest BCUT2D eigenvalue weighted by Crippen LogP contribution is -2.48. The number of halogens is 1. The van der Waals surface area contributed by atoms with Gasteiger partial charge in [-0.25, -0.2) is 4.39 Å². The van der Waals surface area contributed by atoms with Crippen molar-refractivity contribution in [1.29, 1.82) is 0 Å². The maximum Gasteiger partial charge on any atom is 0.227 e. The Morgan fingerprint density at radius 1 is 1.00 bits per heavy atom. The van der Waals surface area contributed by atoms with E-state index in [1.165, 1.54) is 12.1 Å². The van der Waals surface area contributed by atoms with E-state index < -0.39 is 12.0 Å². The van der Waals surface area contributed by atoms with Crippen LogP contribution in [-0.4, -0.2) is 26.0 Å². The SMILES string of the molecule is COc1ccc([C@H]2[C@H](C(=O)NCc3ccc(F)cc3)CCC(=O)N2c2ccc(C)cc2)cc1OC. The summed E-state index contributed by atoms with van der Waals surface area (Å²) >= 11 is 0. The van der Waals surface area contributed by atoms with Gasteiger partial charge in [0.2, 0.25) is 11.8 Å². The molecule has 1 fully saturated rings. The van der Waals surface area contributed by atoms with Gasteiger partial charge >= 0.3 is 0 Å². The van der Waals surface area contributed by atoms with Crippen molar-refractivity contribution in [2.75, 3.05) is 19.1 Å². The molecule has 3 aromatic carbocycles. The lowest BCUT2D eigenvalue weighted by atomic mass is 9.83. The number of hydrogen-bond donors (Lipinski definition) is 1. The molecule has 0 spiro atoms. The number of carbonyl (C=O) groups excluding carboxylic acids is 2. The molecule has 6 nitrogen and oxygen atoms in total. The summed E-state index contributed by atoms with van der Waals surface area (Å²) in [6.07, 6.45) is 0.668. The van der Waals surface area contributed by atoms with Crippen molar-refractivity contribution in [1.82, 2.24) is 5.32 Å². The molecule has 1 N–H and O–H groups in total. The molecule has 0 unspecified atom stereocenters. The molecule has 1 saturated heterocycles. The molecule has 1 aliphatic rings. The molecule has 1 heterocycles. The minimum absolute atomic E-state index is 0.0452. The Hall–Kier alpha value is -3.87. The first-order valence-corrected chi connectivity index (χ1v) is 11.5. The van der Waals surface area contributed by atoms with E-state index in [9.17, 15) is 14.0 Å². The van der Waals surface area contributed by atoms with Gasteiger partial charge in [-0.15, -0.1) is 0 Å². The first-order valence-electron chi connectivity index (χ1n) is 11.5. The van der Waals surface area contributed by atoms with Crippen LogP contribution in [-0.2, 0) is 16.1 Å².